The predicted octanol–water partition coefficient (Wildman–Crippen LogP) is 1.98. The second-order valence-corrected chi connectivity index (χ2v) is 5.14. The van der Waals surface area contributed by atoms with Crippen LogP contribution in [0.2, 0.25) is 5.15 Å². The summed E-state index contributed by atoms with van der Waals surface area (Å²) in [7, 11) is 0. The molecule has 1 aliphatic rings. The first-order valence-corrected chi connectivity index (χ1v) is 6.51. The number of likely N-dealkylation sites (tertiary alicyclic amines) is 1. The number of halogens is 1. The third-order valence-corrected chi connectivity index (χ3v) is 3.42. The highest BCUT2D eigenvalue weighted by Gasteiger charge is 2.28. The van der Waals surface area contributed by atoms with Gasteiger partial charge in [0.1, 0.15) is 5.15 Å². The molecule has 5 nitrogen and oxygen atoms in total. The molecule has 1 amide bonds. The smallest absolute Gasteiger partial charge is 0.308 e. The monoisotopic (exact) mass is 282 g/mol. The van der Waals surface area contributed by atoms with Crippen molar-refractivity contribution < 1.29 is 14.7 Å². The average Bonchev–Trinajstić information content (AvgIpc) is 2.37. The van der Waals surface area contributed by atoms with E-state index in [2.05, 4.69) is 4.98 Å². The zero-order valence-corrected chi connectivity index (χ0v) is 11.4. The van der Waals surface area contributed by atoms with E-state index in [9.17, 15) is 9.59 Å². The summed E-state index contributed by atoms with van der Waals surface area (Å²) < 4.78 is 0. The molecule has 0 radical (unpaired) electrons. The maximum atomic E-state index is 12.3. The molecule has 0 unspecified atom stereocenters. The van der Waals surface area contributed by atoms with E-state index in [1.165, 1.54) is 6.07 Å². The van der Waals surface area contributed by atoms with Crippen molar-refractivity contribution in [3.63, 3.8) is 0 Å². The van der Waals surface area contributed by atoms with E-state index in [0.29, 0.717) is 30.6 Å². The van der Waals surface area contributed by atoms with Gasteiger partial charge in [-0.25, -0.2) is 4.98 Å². The van der Waals surface area contributed by atoms with E-state index >= 15 is 0 Å². The second kappa shape index (κ2) is 5.57. The van der Waals surface area contributed by atoms with Crippen LogP contribution >= 0.6 is 11.6 Å². The van der Waals surface area contributed by atoms with Gasteiger partial charge >= 0.3 is 5.97 Å². The van der Waals surface area contributed by atoms with Crippen molar-refractivity contribution in [2.75, 3.05) is 13.1 Å². The molecule has 19 heavy (non-hydrogen) atoms. The molecule has 1 N–H and O–H groups in total. The van der Waals surface area contributed by atoms with Gasteiger partial charge in [0, 0.05) is 24.3 Å². The van der Waals surface area contributed by atoms with Crippen LogP contribution in [-0.4, -0.2) is 40.0 Å². The zero-order valence-electron chi connectivity index (χ0n) is 10.6. The number of hydrogen-bond donors (Lipinski definition) is 1. The Hall–Kier alpha value is -1.62. The molecule has 0 bridgehead atoms. The van der Waals surface area contributed by atoms with Gasteiger partial charge in [-0.05, 0) is 31.9 Å². The lowest BCUT2D eigenvalue weighted by Gasteiger charge is -2.30. The number of carboxylic acids is 1. The van der Waals surface area contributed by atoms with Crippen LogP contribution in [0.5, 0.6) is 0 Å². The summed E-state index contributed by atoms with van der Waals surface area (Å²) in [5.74, 6) is -1.50. The van der Waals surface area contributed by atoms with Crippen LogP contribution < -0.4 is 0 Å². The summed E-state index contributed by atoms with van der Waals surface area (Å²) in [5, 5.41) is 9.30. The molecule has 1 atom stereocenters. The minimum atomic E-state index is -0.846. The van der Waals surface area contributed by atoms with Crippen molar-refractivity contribution in [2.45, 2.75) is 19.8 Å². The molecular weight excluding hydrogens is 268 g/mol. The lowest BCUT2D eigenvalue weighted by Crippen LogP contribution is -2.42. The van der Waals surface area contributed by atoms with Crippen molar-refractivity contribution in [1.82, 2.24) is 9.88 Å². The third kappa shape index (κ3) is 3.23. The number of aryl methyl sites for hydroxylation is 1. The first-order chi connectivity index (χ1) is 8.97. The van der Waals surface area contributed by atoms with Gasteiger partial charge < -0.3 is 10.0 Å². The highest BCUT2D eigenvalue weighted by Crippen LogP contribution is 2.20. The Morgan fingerprint density at radius 2 is 2.21 bits per heavy atom. The first-order valence-electron chi connectivity index (χ1n) is 6.13. The SMILES string of the molecule is Cc1cc(C(=O)N2CCC[C@@H](C(=O)O)C2)cc(Cl)n1. The lowest BCUT2D eigenvalue weighted by molar-refractivity contribution is -0.143. The molecule has 1 aliphatic heterocycles. The van der Waals surface area contributed by atoms with Gasteiger partial charge in [0.25, 0.3) is 5.91 Å². The highest BCUT2D eigenvalue weighted by molar-refractivity contribution is 6.29. The van der Waals surface area contributed by atoms with Gasteiger partial charge in [-0.1, -0.05) is 11.6 Å². The van der Waals surface area contributed by atoms with Gasteiger partial charge in [-0.15, -0.1) is 0 Å². The number of carboxylic acid groups (broad SMARTS) is 1. The molecule has 1 saturated heterocycles. The van der Waals surface area contributed by atoms with E-state index in [1.807, 2.05) is 0 Å². The van der Waals surface area contributed by atoms with Crippen molar-refractivity contribution in [2.24, 2.45) is 5.92 Å². The lowest BCUT2D eigenvalue weighted by atomic mass is 9.97. The van der Waals surface area contributed by atoms with Crippen LogP contribution in [0.4, 0.5) is 0 Å². The van der Waals surface area contributed by atoms with E-state index < -0.39 is 11.9 Å². The molecule has 2 rings (SSSR count). The largest absolute Gasteiger partial charge is 0.481 e. The van der Waals surface area contributed by atoms with Gasteiger partial charge in [-0.2, -0.15) is 0 Å². The number of piperidine rings is 1. The number of carbonyl (C=O) groups is 2. The van der Waals surface area contributed by atoms with Gasteiger partial charge in [0.2, 0.25) is 0 Å². The number of aromatic nitrogens is 1. The van der Waals surface area contributed by atoms with Gasteiger partial charge in [0.15, 0.2) is 0 Å². The van der Waals surface area contributed by atoms with Crippen LogP contribution in [0.1, 0.15) is 28.9 Å². The predicted molar refractivity (Wildman–Crippen MR) is 70.2 cm³/mol. The standard InChI is InChI=1S/C13H15ClN2O3/c1-8-5-10(6-11(14)15-8)12(17)16-4-2-3-9(7-16)13(18)19/h5-6,9H,2-4,7H2,1H3,(H,18,19)/t9-/m1/s1. The molecule has 6 heteroatoms. The van der Waals surface area contributed by atoms with Crippen LogP contribution in [0.3, 0.4) is 0 Å². The van der Waals surface area contributed by atoms with Crippen molar-refractivity contribution in [1.29, 1.82) is 0 Å². The number of pyridine rings is 1. The van der Waals surface area contributed by atoms with Crippen LogP contribution in [0, 0.1) is 12.8 Å². The van der Waals surface area contributed by atoms with E-state index in [-0.39, 0.29) is 17.6 Å². The summed E-state index contributed by atoms with van der Waals surface area (Å²) in [6.45, 7) is 2.60. The van der Waals surface area contributed by atoms with Crippen LogP contribution in [-0.2, 0) is 4.79 Å². The molecule has 0 aliphatic carbocycles. The Balaban J connectivity index is 2.16. The van der Waals surface area contributed by atoms with E-state index in [0.717, 1.165) is 0 Å². The maximum Gasteiger partial charge on any atom is 0.308 e. The Labute approximate surface area is 116 Å². The van der Waals surface area contributed by atoms with Crippen molar-refractivity contribution in [3.05, 3.63) is 28.5 Å². The summed E-state index contributed by atoms with van der Waals surface area (Å²) in [6.07, 6.45) is 1.33. The number of nitrogens with zero attached hydrogens (tertiary/aromatic N) is 2. The van der Waals surface area contributed by atoms with Gasteiger partial charge in [-0.3, -0.25) is 9.59 Å². The molecule has 0 aromatic carbocycles. The molecule has 1 aromatic rings. The number of hydrogen-bond acceptors (Lipinski definition) is 3. The van der Waals surface area contributed by atoms with Gasteiger partial charge in [0.05, 0.1) is 5.92 Å². The fourth-order valence-corrected chi connectivity index (χ4v) is 2.55. The molecule has 1 aromatic heterocycles. The first kappa shape index (κ1) is 13.8. The van der Waals surface area contributed by atoms with Crippen LogP contribution in [0.25, 0.3) is 0 Å². The Kier molecular flexibility index (Phi) is 4.04. The second-order valence-electron chi connectivity index (χ2n) is 4.75. The van der Waals surface area contributed by atoms with Crippen LogP contribution in [0.15, 0.2) is 12.1 Å². The topological polar surface area (TPSA) is 70.5 Å². The fraction of sp³-hybridized carbons (Fsp3) is 0.462. The highest BCUT2D eigenvalue weighted by atomic mass is 35.5. The molecule has 0 saturated carbocycles. The fourth-order valence-electron chi connectivity index (χ4n) is 2.30. The Morgan fingerprint density at radius 3 is 2.84 bits per heavy atom. The quantitative estimate of drug-likeness (QED) is 0.842. The molecule has 1 fully saturated rings. The van der Waals surface area contributed by atoms with Crippen molar-refractivity contribution in [3.8, 4) is 0 Å². The number of amides is 1. The Bertz CT molecular complexity index is 498. The zero-order chi connectivity index (χ0) is 14.0. The molecular formula is C13H15ClN2O3. The number of carbonyl (C=O) groups excluding carboxylic acids is 1. The van der Waals surface area contributed by atoms with Crippen molar-refractivity contribution >= 4 is 23.5 Å². The number of rotatable bonds is 2. The average molecular weight is 283 g/mol. The minimum Gasteiger partial charge on any atom is -0.481 e. The minimum absolute atomic E-state index is 0.182. The van der Waals surface area contributed by atoms with E-state index in [4.69, 9.17) is 16.7 Å². The summed E-state index contributed by atoms with van der Waals surface area (Å²) in [4.78, 5) is 28.9. The molecule has 0 spiro atoms. The summed E-state index contributed by atoms with van der Waals surface area (Å²) in [5.41, 5.74) is 1.13. The summed E-state index contributed by atoms with van der Waals surface area (Å²) >= 11 is 5.84. The normalized spacial score (nSPS) is 19.3. The number of aliphatic carboxylic acids is 1. The molecule has 102 valence electrons. The summed E-state index contributed by atoms with van der Waals surface area (Å²) in [6, 6.07) is 3.18. The molecule has 2 heterocycles. The van der Waals surface area contributed by atoms with E-state index in [1.54, 1.807) is 17.9 Å². The maximum absolute atomic E-state index is 12.3. The third-order valence-electron chi connectivity index (χ3n) is 3.23. The Morgan fingerprint density at radius 1 is 1.47 bits per heavy atom.